The first-order valence-corrected chi connectivity index (χ1v) is 8.95. The number of nitro benzene ring substituents is 1. The molecule has 0 fully saturated rings. The number of nitrogens with one attached hydrogen (secondary N) is 1. The molecule has 0 amide bonds. The van der Waals surface area contributed by atoms with Crippen molar-refractivity contribution in [2.75, 3.05) is 6.54 Å². The van der Waals surface area contributed by atoms with Gasteiger partial charge in [-0.15, -0.1) is 0 Å². The van der Waals surface area contributed by atoms with E-state index in [0.29, 0.717) is 11.9 Å². The molecule has 0 bridgehead atoms. The van der Waals surface area contributed by atoms with Gasteiger partial charge in [-0.05, 0) is 18.1 Å². The number of aromatic nitrogens is 3. The predicted octanol–water partition coefficient (Wildman–Crippen LogP) is 3.38. The van der Waals surface area contributed by atoms with Crippen molar-refractivity contribution in [3.05, 3.63) is 63.4 Å². The zero-order chi connectivity index (χ0) is 18.1. The molecule has 0 saturated carbocycles. The highest BCUT2D eigenvalue weighted by atomic mass is 16.6. The first kappa shape index (κ1) is 16.7. The fourth-order valence-corrected chi connectivity index (χ4v) is 3.65. The number of H-pyrrole nitrogens is 1. The van der Waals surface area contributed by atoms with Crippen LogP contribution in [0, 0.1) is 10.1 Å². The van der Waals surface area contributed by atoms with E-state index in [1.54, 1.807) is 12.1 Å². The van der Waals surface area contributed by atoms with Crippen molar-refractivity contribution in [2.24, 2.45) is 0 Å². The van der Waals surface area contributed by atoms with Gasteiger partial charge in [0, 0.05) is 62.2 Å². The van der Waals surface area contributed by atoms with Gasteiger partial charge in [0.2, 0.25) is 0 Å². The number of non-ortho nitro benzene ring substituents is 1. The lowest BCUT2D eigenvalue weighted by Crippen LogP contribution is -2.31. The summed E-state index contributed by atoms with van der Waals surface area (Å²) >= 11 is 0. The van der Waals surface area contributed by atoms with Gasteiger partial charge in [-0.3, -0.25) is 15.0 Å². The summed E-state index contributed by atoms with van der Waals surface area (Å²) in [6.45, 7) is 4.46. The molecule has 1 N–H and O–H groups in total. The van der Waals surface area contributed by atoms with Gasteiger partial charge in [-0.25, -0.2) is 9.97 Å². The van der Waals surface area contributed by atoms with Crippen LogP contribution in [0.4, 0.5) is 5.69 Å². The Labute approximate surface area is 151 Å². The molecule has 4 rings (SSSR count). The van der Waals surface area contributed by atoms with Crippen LogP contribution in [0.2, 0.25) is 0 Å². The smallest absolute Gasteiger partial charge is 0.279 e. The Bertz CT molecular complexity index is 966. The van der Waals surface area contributed by atoms with E-state index in [1.165, 1.54) is 0 Å². The zero-order valence-corrected chi connectivity index (χ0v) is 14.7. The van der Waals surface area contributed by atoms with Crippen LogP contribution in [0.25, 0.3) is 10.9 Å². The average Bonchev–Trinajstić information content (AvgIpc) is 3.05. The van der Waals surface area contributed by atoms with Gasteiger partial charge in [-0.1, -0.05) is 13.0 Å². The summed E-state index contributed by atoms with van der Waals surface area (Å²) in [6.07, 6.45) is 6.67. The molecule has 0 atom stereocenters. The van der Waals surface area contributed by atoms with Crippen LogP contribution >= 0.6 is 0 Å². The summed E-state index contributed by atoms with van der Waals surface area (Å²) in [5.41, 5.74) is 4.22. The molecule has 0 saturated heterocycles. The summed E-state index contributed by atoms with van der Waals surface area (Å²) in [7, 11) is 0. The van der Waals surface area contributed by atoms with Crippen LogP contribution in [-0.2, 0) is 25.9 Å². The summed E-state index contributed by atoms with van der Waals surface area (Å²) in [5, 5.41) is 12.1. The number of fused-ring (bicyclic) bond motifs is 2. The highest BCUT2D eigenvalue weighted by Gasteiger charge is 2.22. The summed E-state index contributed by atoms with van der Waals surface area (Å²) in [5.74, 6) is 0.923. The average molecular weight is 351 g/mol. The van der Waals surface area contributed by atoms with Crippen LogP contribution < -0.4 is 0 Å². The number of rotatable bonds is 5. The fourth-order valence-electron chi connectivity index (χ4n) is 3.65. The number of aryl methyl sites for hydroxylation is 1. The summed E-state index contributed by atoms with van der Waals surface area (Å²) in [4.78, 5) is 25.7. The topological polar surface area (TPSA) is 88.0 Å². The maximum Gasteiger partial charge on any atom is 0.279 e. The summed E-state index contributed by atoms with van der Waals surface area (Å²) in [6, 6.07) is 5.15. The molecule has 0 spiro atoms. The van der Waals surface area contributed by atoms with Gasteiger partial charge in [0.15, 0.2) is 0 Å². The molecule has 2 aromatic heterocycles. The molecule has 3 heterocycles. The number of hydrogen-bond acceptors (Lipinski definition) is 5. The first-order chi connectivity index (χ1) is 12.7. The van der Waals surface area contributed by atoms with Gasteiger partial charge in [0.1, 0.15) is 5.82 Å². The van der Waals surface area contributed by atoms with Gasteiger partial charge >= 0.3 is 0 Å². The number of nitrogens with zero attached hydrogens (tertiary/aromatic N) is 4. The molecule has 1 aromatic carbocycles. The van der Waals surface area contributed by atoms with Crippen LogP contribution in [0.5, 0.6) is 0 Å². The fraction of sp³-hybridized carbons (Fsp3) is 0.368. The largest absolute Gasteiger partial charge is 0.361 e. The molecule has 1 aliphatic rings. The number of hydrogen-bond donors (Lipinski definition) is 1. The maximum atomic E-state index is 11.4. The Morgan fingerprint density at radius 3 is 3.08 bits per heavy atom. The number of nitro groups is 1. The number of benzene rings is 1. The second-order valence-corrected chi connectivity index (χ2v) is 6.74. The molecular weight excluding hydrogens is 330 g/mol. The van der Waals surface area contributed by atoms with Crippen molar-refractivity contribution >= 4 is 16.6 Å². The molecule has 3 aromatic rings. The minimum Gasteiger partial charge on any atom is -0.361 e. The molecular formula is C19H21N5O2. The van der Waals surface area contributed by atoms with Crippen LogP contribution in [0.1, 0.15) is 36.0 Å². The van der Waals surface area contributed by atoms with Crippen LogP contribution in [0.3, 0.4) is 0 Å². The SMILES string of the molecule is CCCc1ncc2c(n1)CCN(Cc1c[nH]c3cccc([N+](=O)[O-])c13)C2. The van der Waals surface area contributed by atoms with Gasteiger partial charge in [0.05, 0.1) is 15.8 Å². The van der Waals surface area contributed by atoms with Crippen molar-refractivity contribution in [2.45, 2.75) is 39.3 Å². The standard InChI is InChI=1S/C19H21N5O2/c1-2-4-18-21-9-13-11-23(8-7-15(13)22-18)12-14-10-20-16-5-3-6-17(19(14)16)24(25)26/h3,5-6,9-10,20H,2,4,7-8,11-12H2,1H3. The normalized spacial score (nSPS) is 14.5. The van der Waals surface area contributed by atoms with E-state index >= 15 is 0 Å². The predicted molar refractivity (Wildman–Crippen MR) is 98.8 cm³/mol. The van der Waals surface area contributed by atoms with Crippen molar-refractivity contribution in [1.82, 2.24) is 19.9 Å². The van der Waals surface area contributed by atoms with Gasteiger partial charge in [-0.2, -0.15) is 0 Å². The van der Waals surface area contributed by atoms with E-state index in [9.17, 15) is 10.1 Å². The van der Waals surface area contributed by atoms with E-state index in [1.807, 2.05) is 18.5 Å². The van der Waals surface area contributed by atoms with Crippen molar-refractivity contribution in [3.8, 4) is 0 Å². The Morgan fingerprint density at radius 2 is 2.27 bits per heavy atom. The van der Waals surface area contributed by atoms with Crippen LogP contribution in [-0.4, -0.2) is 31.3 Å². The maximum absolute atomic E-state index is 11.4. The molecule has 1 aliphatic heterocycles. The van der Waals surface area contributed by atoms with Crippen molar-refractivity contribution in [1.29, 1.82) is 0 Å². The lowest BCUT2D eigenvalue weighted by Gasteiger charge is -2.27. The third-order valence-corrected chi connectivity index (χ3v) is 4.89. The Morgan fingerprint density at radius 1 is 1.38 bits per heavy atom. The summed E-state index contributed by atoms with van der Waals surface area (Å²) < 4.78 is 0. The molecule has 26 heavy (non-hydrogen) atoms. The van der Waals surface area contributed by atoms with Crippen LogP contribution in [0.15, 0.2) is 30.6 Å². The molecule has 0 unspecified atom stereocenters. The van der Waals surface area contributed by atoms with Gasteiger partial charge in [0.25, 0.3) is 5.69 Å². The second-order valence-electron chi connectivity index (χ2n) is 6.74. The van der Waals surface area contributed by atoms with E-state index < -0.39 is 0 Å². The quantitative estimate of drug-likeness (QED) is 0.562. The van der Waals surface area contributed by atoms with E-state index in [-0.39, 0.29) is 10.6 Å². The zero-order valence-electron chi connectivity index (χ0n) is 14.7. The Hall–Kier alpha value is -2.80. The van der Waals surface area contributed by atoms with Crippen molar-refractivity contribution in [3.63, 3.8) is 0 Å². The molecule has 7 heteroatoms. The Balaban J connectivity index is 1.58. The minimum atomic E-state index is -0.311. The highest BCUT2D eigenvalue weighted by molar-refractivity contribution is 5.91. The third-order valence-electron chi connectivity index (χ3n) is 4.89. The monoisotopic (exact) mass is 351 g/mol. The lowest BCUT2D eigenvalue weighted by molar-refractivity contribution is -0.383. The van der Waals surface area contributed by atoms with E-state index in [4.69, 9.17) is 0 Å². The molecule has 7 nitrogen and oxygen atoms in total. The third kappa shape index (κ3) is 3.06. The number of aromatic amines is 1. The minimum absolute atomic E-state index is 0.156. The van der Waals surface area contributed by atoms with E-state index in [0.717, 1.165) is 60.5 Å². The highest BCUT2D eigenvalue weighted by Crippen LogP contribution is 2.30. The van der Waals surface area contributed by atoms with Crippen molar-refractivity contribution < 1.29 is 4.92 Å². The van der Waals surface area contributed by atoms with Gasteiger partial charge < -0.3 is 4.98 Å². The lowest BCUT2D eigenvalue weighted by atomic mass is 10.1. The molecule has 0 aliphatic carbocycles. The first-order valence-electron chi connectivity index (χ1n) is 8.95. The molecule has 0 radical (unpaired) electrons. The molecule has 134 valence electrons. The second kappa shape index (κ2) is 6.84. The Kier molecular flexibility index (Phi) is 4.38. The van der Waals surface area contributed by atoms with E-state index in [2.05, 4.69) is 26.8 Å².